The Bertz CT molecular complexity index is 645. The Kier molecular flexibility index (Phi) is 2.62. The summed E-state index contributed by atoms with van der Waals surface area (Å²) in [6.45, 7) is 0. The van der Waals surface area contributed by atoms with Crippen LogP contribution < -0.4 is 0 Å². The molecule has 2 aromatic carbocycles. The summed E-state index contributed by atoms with van der Waals surface area (Å²) in [5.41, 5.74) is 0.371. The maximum absolute atomic E-state index is 12.5. The van der Waals surface area contributed by atoms with Gasteiger partial charge in [0.25, 0.3) is 0 Å². The predicted octanol–water partition coefficient (Wildman–Crippen LogP) is 4.22. The summed E-state index contributed by atoms with van der Waals surface area (Å²) in [4.78, 5) is 12.0. The van der Waals surface area contributed by atoms with Gasteiger partial charge in [-0.1, -0.05) is 36.4 Å². The molecule has 1 fully saturated rings. The number of carbonyl (C=O) groups excluding carboxylic acids is 1. The van der Waals surface area contributed by atoms with E-state index in [-0.39, 0.29) is 6.42 Å². The molecule has 98 valence electrons. The SMILES string of the molecule is O=C(c1ccc2ccccc2c1)C1CC1C(F)(F)F. The molecular formula is C15H11F3O. The molecule has 0 bridgehead atoms. The van der Waals surface area contributed by atoms with Crippen LogP contribution in [0.1, 0.15) is 16.8 Å². The molecule has 2 unspecified atom stereocenters. The monoisotopic (exact) mass is 264 g/mol. The quantitative estimate of drug-likeness (QED) is 0.742. The molecule has 2 atom stereocenters. The highest BCUT2D eigenvalue weighted by Crippen LogP contribution is 2.51. The maximum atomic E-state index is 12.5. The molecule has 2 aromatic rings. The van der Waals surface area contributed by atoms with Crippen molar-refractivity contribution in [2.24, 2.45) is 11.8 Å². The second-order valence-corrected chi connectivity index (χ2v) is 4.92. The predicted molar refractivity (Wildman–Crippen MR) is 65.9 cm³/mol. The zero-order chi connectivity index (χ0) is 13.6. The Balaban J connectivity index is 1.87. The van der Waals surface area contributed by atoms with Gasteiger partial charge in [-0.2, -0.15) is 13.2 Å². The van der Waals surface area contributed by atoms with E-state index in [9.17, 15) is 18.0 Å². The van der Waals surface area contributed by atoms with Gasteiger partial charge in [-0.15, -0.1) is 0 Å². The molecule has 1 saturated carbocycles. The highest BCUT2D eigenvalue weighted by atomic mass is 19.4. The van der Waals surface area contributed by atoms with Crippen LogP contribution in [0.2, 0.25) is 0 Å². The molecule has 3 rings (SSSR count). The van der Waals surface area contributed by atoms with Gasteiger partial charge in [0.2, 0.25) is 0 Å². The number of fused-ring (bicyclic) bond motifs is 1. The third-order valence-electron chi connectivity index (χ3n) is 3.58. The fourth-order valence-corrected chi connectivity index (χ4v) is 2.40. The lowest BCUT2D eigenvalue weighted by atomic mass is 10.0. The van der Waals surface area contributed by atoms with E-state index in [0.29, 0.717) is 5.56 Å². The molecule has 0 amide bonds. The minimum atomic E-state index is -4.25. The van der Waals surface area contributed by atoms with E-state index in [1.807, 2.05) is 24.3 Å². The van der Waals surface area contributed by atoms with Gasteiger partial charge in [0.1, 0.15) is 0 Å². The van der Waals surface area contributed by atoms with Crippen molar-refractivity contribution in [2.75, 3.05) is 0 Å². The summed E-state index contributed by atoms with van der Waals surface area (Å²) in [6.07, 6.45) is -4.33. The smallest absolute Gasteiger partial charge is 0.294 e. The van der Waals surface area contributed by atoms with Crippen LogP contribution in [-0.2, 0) is 0 Å². The van der Waals surface area contributed by atoms with Crippen molar-refractivity contribution in [1.82, 2.24) is 0 Å². The summed E-state index contributed by atoms with van der Waals surface area (Å²) in [5.74, 6) is -2.74. The maximum Gasteiger partial charge on any atom is 0.392 e. The van der Waals surface area contributed by atoms with E-state index >= 15 is 0 Å². The van der Waals surface area contributed by atoms with Crippen molar-refractivity contribution < 1.29 is 18.0 Å². The van der Waals surface area contributed by atoms with E-state index in [1.54, 1.807) is 18.2 Å². The lowest BCUT2D eigenvalue weighted by Gasteiger charge is -2.05. The third-order valence-corrected chi connectivity index (χ3v) is 3.58. The van der Waals surface area contributed by atoms with Crippen LogP contribution in [-0.4, -0.2) is 12.0 Å². The van der Waals surface area contributed by atoms with Crippen molar-refractivity contribution in [1.29, 1.82) is 0 Å². The molecule has 1 aliphatic carbocycles. The van der Waals surface area contributed by atoms with Crippen molar-refractivity contribution in [2.45, 2.75) is 12.6 Å². The summed E-state index contributed by atoms with van der Waals surface area (Å²) in [6, 6.07) is 12.5. The standard InChI is InChI=1S/C15H11F3O/c16-15(17,18)13-8-12(13)14(19)11-6-5-9-3-1-2-4-10(9)7-11/h1-7,12-13H,8H2. The molecule has 4 heteroatoms. The molecule has 0 radical (unpaired) electrons. The summed E-state index contributed by atoms with van der Waals surface area (Å²) >= 11 is 0. The molecular weight excluding hydrogens is 253 g/mol. The second kappa shape index (κ2) is 4.08. The minimum absolute atomic E-state index is 0.0742. The van der Waals surface area contributed by atoms with Gasteiger partial charge in [0.15, 0.2) is 5.78 Å². The van der Waals surface area contributed by atoms with Crippen LogP contribution in [0.15, 0.2) is 42.5 Å². The normalized spacial score (nSPS) is 22.5. The molecule has 0 heterocycles. The van der Waals surface area contributed by atoms with Crippen molar-refractivity contribution in [3.8, 4) is 0 Å². The van der Waals surface area contributed by atoms with Gasteiger partial charge < -0.3 is 0 Å². The third kappa shape index (κ3) is 2.23. The first-order valence-electron chi connectivity index (χ1n) is 6.06. The Hall–Kier alpha value is -1.84. The van der Waals surface area contributed by atoms with Crippen LogP contribution in [0.3, 0.4) is 0 Å². The van der Waals surface area contributed by atoms with Crippen LogP contribution >= 0.6 is 0 Å². The zero-order valence-corrected chi connectivity index (χ0v) is 9.95. The van der Waals surface area contributed by atoms with Gasteiger partial charge in [0, 0.05) is 11.5 Å². The molecule has 19 heavy (non-hydrogen) atoms. The Morgan fingerprint density at radius 3 is 2.37 bits per heavy atom. The average Bonchev–Trinajstić information content (AvgIpc) is 3.17. The molecule has 0 N–H and O–H groups in total. The minimum Gasteiger partial charge on any atom is -0.294 e. The first-order valence-corrected chi connectivity index (χ1v) is 6.06. The second-order valence-electron chi connectivity index (χ2n) is 4.92. The fraction of sp³-hybridized carbons (Fsp3) is 0.267. The van der Waals surface area contributed by atoms with Crippen LogP contribution in [0.25, 0.3) is 10.8 Å². The van der Waals surface area contributed by atoms with E-state index in [4.69, 9.17) is 0 Å². The summed E-state index contributed by atoms with van der Waals surface area (Å²) in [5, 5.41) is 1.85. The van der Waals surface area contributed by atoms with Crippen molar-refractivity contribution in [3.63, 3.8) is 0 Å². The summed E-state index contributed by atoms with van der Waals surface area (Å²) < 4.78 is 37.4. The topological polar surface area (TPSA) is 17.1 Å². The van der Waals surface area contributed by atoms with Gasteiger partial charge in [-0.3, -0.25) is 4.79 Å². The van der Waals surface area contributed by atoms with Gasteiger partial charge in [0.05, 0.1) is 5.92 Å². The lowest BCUT2D eigenvalue weighted by molar-refractivity contribution is -0.149. The number of Topliss-reactive ketones (excluding diaryl/α,β-unsaturated/α-hetero) is 1. The molecule has 0 aromatic heterocycles. The van der Waals surface area contributed by atoms with E-state index < -0.39 is 23.8 Å². The van der Waals surface area contributed by atoms with Crippen molar-refractivity contribution >= 4 is 16.6 Å². The van der Waals surface area contributed by atoms with Crippen LogP contribution in [0.5, 0.6) is 0 Å². The lowest BCUT2D eigenvalue weighted by Crippen LogP contribution is -2.15. The Morgan fingerprint density at radius 2 is 1.74 bits per heavy atom. The first kappa shape index (κ1) is 12.2. The van der Waals surface area contributed by atoms with Crippen LogP contribution in [0.4, 0.5) is 13.2 Å². The fourth-order valence-electron chi connectivity index (χ4n) is 2.40. The highest BCUT2D eigenvalue weighted by Gasteiger charge is 2.58. The zero-order valence-electron chi connectivity index (χ0n) is 9.95. The average molecular weight is 264 g/mol. The van der Waals surface area contributed by atoms with E-state index in [2.05, 4.69) is 0 Å². The number of benzene rings is 2. The molecule has 1 nitrogen and oxygen atoms in total. The van der Waals surface area contributed by atoms with Gasteiger partial charge in [-0.05, 0) is 23.3 Å². The van der Waals surface area contributed by atoms with Crippen molar-refractivity contribution in [3.05, 3.63) is 48.0 Å². The molecule has 0 spiro atoms. The van der Waals surface area contributed by atoms with Gasteiger partial charge >= 0.3 is 6.18 Å². The summed E-state index contributed by atoms with van der Waals surface area (Å²) in [7, 11) is 0. The Labute approximate surface area is 108 Å². The first-order chi connectivity index (χ1) is 8.97. The van der Waals surface area contributed by atoms with Gasteiger partial charge in [-0.25, -0.2) is 0 Å². The number of carbonyl (C=O) groups is 1. The molecule has 1 aliphatic rings. The largest absolute Gasteiger partial charge is 0.392 e. The van der Waals surface area contributed by atoms with Crippen LogP contribution in [0, 0.1) is 11.8 Å². The number of ketones is 1. The van der Waals surface area contributed by atoms with E-state index in [1.165, 1.54) is 0 Å². The van der Waals surface area contributed by atoms with E-state index in [0.717, 1.165) is 10.8 Å². The molecule has 0 aliphatic heterocycles. The number of hydrogen-bond donors (Lipinski definition) is 0. The highest BCUT2D eigenvalue weighted by molar-refractivity contribution is 6.02. The number of rotatable bonds is 2. The Morgan fingerprint density at radius 1 is 1.05 bits per heavy atom. The number of halogens is 3. The number of alkyl halides is 3. The molecule has 0 saturated heterocycles. The number of hydrogen-bond acceptors (Lipinski definition) is 1.